The minimum absolute atomic E-state index is 0.00836. The Balaban J connectivity index is 1.60. The molecule has 1 aliphatic carbocycles. The van der Waals surface area contributed by atoms with E-state index < -0.39 is 29.6 Å². The van der Waals surface area contributed by atoms with Gasteiger partial charge >= 0.3 is 18.1 Å². The first kappa shape index (κ1) is 34.3. The number of carbonyl (C=O) groups is 2. The third-order valence-electron chi connectivity index (χ3n) is 8.94. The topological polar surface area (TPSA) is 76.7 Å². The molecule has 1 saturated carbocycles. The standard InChI is InChI=1S/C36H45F3N2O4/c1-22(2)27-16-15-23(3)21-30(27)45-35(43)32-25(5)41-24(4)31(33(32)28-13-9-10-14-29(28)36(37,38)39)34(42)44-20-19-40-18-17-26-11-7-6-8-12-26/h6-14,22-23,27,30,33,40-41H,15-21H2,1-5H3. The molecule has 2 N–H and O–H groups in total. The first-order valence-electron chi connectivity index (χ1n) is 15.9. The Morgan fingerprint density at radius 1 is 0.933 bits per heavy atom. The van der Waals surface area contributed by atoms with Crippen LogP contribution in [0.1, 0.15) is 76.5 Å². The molecule has 0 radical (unpaired) electrons. The predicted molar refractivity (Wildman–Crippen MR) is 168 cm³/mol. The molecule has 2 aromatic rings. The Bertz CT molecular complexity index is 1400. The van der Waals surface area contributed by atoms with E-state index in [2.05, 4.69) is 31.4 Å². The highest BCUT2D eigenvalue weighted by molar-refractivity contribution is 6.00. The SMILES string of the molecule is CC1=C(C(=O)OCCNCCc2ccccc2)C(c2ccccc2C(F)(F)F)C(C(=O)OC2CC(C)CCC2C(C)C)=C(C)N1. The van der Waals surface area contributed by atoms with Gasteiger partial charge in [0.25, 0.3) is 0 Å². The fourth-order valence-corrected chi connectivity index (χ4v) is 6.60. The zero-order chi connectivity index (χ0) is 32.7. The van der Waals surface area contributed by atoms with Gasteiger partial charge in [0.15, 0.2) is 0 Å². The summed E-state index contributed by atoms with van der Waals surface area (Å²) in [4.78, 5) is 27.7. The summed E-state index contributed by atoms with van der Waals surface area (Å²) in [5.41, 5.74) is 0.704. The van der Waals surface area contributed by atoms with Crippen LogP contribution in [-0.2, 0) is 31.7 Å². The molecule has 45 heavy (non-hydrogen) atoms. The number of benzene rings is 2. The van der Waals surface area contributed by atoms with Gasteiger partial charge in [0.1, 0.15) is 12.7 Å². The van der Waals surface area contributed by atoms with Crippen LogP contribution in [0.25, 0.3) is 0 Å². The largest absolute Gasteiger partial charge is 0.461 e. The van der Waals surface area contributed by atoms with Crippen molar-refractivity contribution in [3.8, 4) is 0 Å². The smallest absolute Gasteiger partial charge is 0.416 e. The number of hydrogen-bond donors (Lipinski definition) is 2. The van der Waals surface area contributed by atoms with Crippen LogP contribution in [0.4, 0.5) is 13.2 Å². The van der Waals surface area contributed by atoms with Crippen LogP contribution in [0.3, 0.4) is 0 Å². The minimum atomic E-state index is -4.71. The molecule has 1 aliphatic heterocycles. The molecule has 2 aliphatic rings. The molecule has 2 aromatic carbocycles. The molecule has 0 amide bonds. The first-order chi connectivity index (χ1) is 21.4. The summed E-state index contributed by atoms with van der Waals surface area (Å²) in [7, 11) is 0. The number of ether oxygens (including phenoxy) is 2. The van der Waals surface area contributed by atoms with Crippen LogP contribution in [0, 0.1) is 17.8 Å². The Labute approximate surface area is 264 Å². The molecule has 4 rings (SSSR count). The van der Waals surface area contributed by atoms with Gasteiger partial charge in [0, 0.05) is 17.9 Å². The van der Waals surface area contributed by atoms with Crippen molar-refractivity contribution in [1.29, 1.82) is 0 Å². The molecular formula is C36H45F3N2O4. The second-order valence-corrected chi connectivity index (χ2v) is 12.6. The van der Waals surface area contributed by atoms with Crippen molar-refractivity contribution in [3.05, 3.63) is 93.8 Å². The highest BCUT2D eigenvalue weighted by Gasteiger charge is 2.44. The maximum absolute atomic E-state index is 14.4. The maximum Gasteiger partial charge on any atom is 0.416 e. The molecule has 0 saturated heterocycles. The van der Waals surface area contributed by atoms with Crippen molar-refractivity contribution in [3.63, 3.8) is 0 Å². The van der Waals surface area contributed by atoms with Crippen LogP contribution in [0.2, 0.25) is 0 Å². The zero-order valence-electron chi connectivity index (χ0n) is 26.8. The second-order valence-electron chi connectivity index (χ2n) is 12.6. The maximum atomic E-state index is 14.4. The fourth-order valence-electron chi connectivity index (χ4n) is 6.60. The molecule has 4 unspecified atom stereocenters. The lowest BCUT2D eigenvalue weighted by Gasteiger charge is -2.38. The predicted octanol–water partition coefficient (Wildman–Crippen LogP) is 7.32. The number of hydrogen-bond acceptors (Lipinski definition) is 6. The van der Waals surface area contributed by atoms with Gasteiger partial charge in [-0.25, -0.2) is 9.59 Å². The van der Waals surface area contributed by atoms with Crippen molar-refractivity contribution in [2.75, 3.05) is 19.7 Å². The van der Waals surface area contributed by atoms with Gasteiger partial charge in [0.2, 0.25) is 0 Å². The lowest BCUT2D eigenvalue weighted by atomic mass is 9.75. The molecule has 9 heteroatoms. The number of nitrogens with one attached hydrogen (secondary N) is 2. The lowest BCUT2D eigenvalue weighted by Crippen LogP contribution is -2.39. The molecule has 0 spiro atoms. The van der Waals surface area contributed by atoms with Crippen molar-refractivity contribution in [2.45, 2.75) is 78.5 Å². The van der Waals surface area contributed by atoms with Crippen LogP contribution < -0.4 is 10.6 Å². The van der Waals surface area contributed by atoms with Gasteiger partial charge in [0.05, 0.1) is 22.6 Å². The number of allylic oxidation sites excluding steroid dienone is 2. The summed E-state index contributed by atoms with van der Waals surface area (Å²) in [6.45, 7) is 10.6. The number of esters is 2. The number of dihydropyridines is 1. The van der Waals surface area contributed by atoms with E-state index in [1.165, 1.54) is 23.8 Å². The highest BCUT2D eigenvalue weighted by Crippen LogP contribution is 2.45. The summed E-state index contributed by atoms with van der Waals surface area (Å²) in [6, 6.07) is 15.0. The molecular weight excluding hydrogens is 581 g/mol. The molecule has 1 heterocycles. The van der Waals surface area contributed by atoms with Gasteiger partial charge in [-0.05, 0) is 74.6 Å². The number of halogens is 3. The molecule has 4 atom stereocenters. The lowest BCUT2D eigenvalue weighted by molar-refractivity contribution is -0.151. The normalized spacial score (nSPS) is 22.3. The fraction of sp³-hybridized carbons (Fsp3) is 0.500. The monoisotopic (exact) mass is 626 g/mol. The van der Waals surface area contributed by atoms with Gasteiger partial charge in [-0.2, -0.15) is 13.2 Å². The summed E-state index contributed by atoms with van der Waals surface area (Å²) < 4.78 is 54.8. The average Bonchev–Trinajstić information content (AvgIpc) is 2.98. The summed E-state index contributed by atoms with van der Waals surface area (Å²) in [5.74, 6) is -2.06. The third kappa shape index (κ3) is 8.57. The van der Waals surface area contributed by atoms with Crippen LogP contribution in [-0.4, -0.2) is 37.7 Å². The van der Waals surface area contributed by atoms with Crippen molar-refractivity contribution < 1.29 is 32.2 Å². The van der Waals surface area contributed by atoms with Gasteiger partial charge < -0.3 is 20.1 Å². The molecule has 6 nitrogen and oxygen atoms in total. The highest BCUT2D eigenvalue weighted by atomic mass is 19.4. The van der Waals surface area contributed by atoms with Gasteiger partial charge in [-0.1, -0.05) is 75.7 Å². The summed E-state index contributed by atoms with van der Waals surface area (Å²) in [5, 5.41) is 6.30. The van der Waals surface area contributed by atoms with E-state index in [-0.39, 0.29) is 41.3 Å². The summed E-state index contributed by atoms with van der Waals surface area (Å²) in [6.07, 6.45) is -1.67. The number of alkyl halides is 3. The Hall–Kier alpha value is -3.59. The van der Waals surface area contributed by atoms with E-state index in [9.17, 15) is 22.8 Å². The average molecular weight is 627 g/mol. The molecule has 0 aromatic heterocycles. The minimum Gasteiger partial charge on any atom is -0.461 e. The van der Waals surface area contributed by atoms with E-state index in [0.717, 1.165) is 25.3 Å². The van der Waals surface area contributed by atoms with Crippen LogP contribution >= 0.6 is 0 Å². The number of rotatable bonds is 11. The van der Waals surface area contributed by atoms with Gasteiger partial charge in [-0.3, -0.25) is 0 Å². The van der Waals surface area contributed by atoms with Crippen LogP contribution in [0.5, 0.6) is 0 Å². The van der Waals surface area contributed by atoms with E-state index in [0.29, 0.717) is 36.8 Å². The third-order valence-corrected chi connectivity index (χ3v) is 8.94. The molecule has 244 valence electrons. The van der Waals surface area contributed by atoms with E-state index in [1.807, 2.05) is 30.3 Å². The Kier molecular flexibility index (Phi) is 11.5. The Morgan fingerprint density at radius 3 is 2.24 bits per heavy atom. The van der Waals surface area contributed by atoms with Gasteiger partial charge in [-0.15, -0.1) is 0 Å². The Morgan fingerprint density at radius 2 is 1.58 bits per heavy atom. The second kappa shape index (κ2) is 15.1. The van der Waals surface area contributed by atoms with Crippen molar-refractivity contribution in [2.24, 2.45) is 17.8 Å². The van der Waals surface area contributed by atoms with E-state index >= 15 is 0 Å². The van der Waals surface area contributed by atoms with E-state index in [1.54, 1.807) is 13.8 Å². The first-order valence-corrected chi connectivity index (χ1v) is 15.9. The molecule has 1 fully saturated rings. The zero-order valence-corrected chi connectivity index (χ0v) is 26.8. The molecule has 0 bridgehead atoms. The van der Waals surface area contributed by atoms with Crippen LogP contribution in [0.15, 0.2) is 77.1 Å². The van der Waals surface area contributed by atoms with Crippen molar-refractivity contribution >= 4 is 11.9 Å². The van der Waals surface area contributed by atoms with Crippen molar-refractivity contribution in [1.82, 2.24) is 10.6 Å². The quantitative estimate of drug-likeness (QED) is 0.201. The summed E-state index contributed by atoms with van der Waals surface area (Å²) >= 11 is 0. The number of carbonyl (C=O) groups excluding carboxylic acids is 2. The van der Waals surface area contributed by atoms with E-state index in [4.69, 9.17) is 9.47 Å².